The first-order chi connectivity index (χ1) is 10.6. The number of likely N-dealkylation sites (N-methyl/N-ethyl adjacent to an activating group) is 1. The van der Waals surface area contributed by atoms with Gasteiger partial charge in [0.15, 0.2) is 0 Å². The standard InChI is InChI=1S/C17H25N3O2/c1-3-19(4-2)15(13-9-6-5-7-10-13)17(22)20-12-8-11-14(20)16(18)21/h5-7,9-10,14-15H,3-4,8,11-12H2,1-2H3,(H2,18,21)/t14?,15-/m1/s1. The number of nitrogens with two attached hydrogens (primary N) is 1. The molecule has 1 aliphatic rings. The molecule has 1 unspecified atom stereocenters. The minimum atomic E-state index is -0.464. The zero-order chi connectivity index (χ0) is 16.1. The van der Waals surface area contributed by atoms with E-state index >= 15 is 0 Å². The predicted molar refractivity (Wildman–Crippen MR) is 86.0 cm³/mol. The predicted octanol–water partition coefficient (Wildman–Crippen LogP) is 1.55. The Morgan fingerprint density at radius 1 is 1.27 bits per heavy atom. The SMILES string of the molecule is CCN(CC)[C@@H](C(=O)N1CCCC1C(N)=O)c1ccccc1. The van der Waals surface area contributed by atoms with E-state index in [2.05, 4.69) is 4.90 Å². The third-order valence-corrected chi connectivity index (χ3v) is 4.39. The Morgan fingerprint density at radius 3 is 2.45 bits per heavy atom. The molecule has 0 spiro atoms. The van der Waals surface area contributed by atoms with E-state index in [1.165, 1.54) is 0 Å². The molecule has 0 radical (unpaired) electrons. The van der Waals surface area contributed by atoms with Crippen LogP contribution in [0.1, 0.15) is 38.3 Å². The van der Waals surface area contributed by atoms with Crippen molar-refractivity contribution >= 4 is 11.8 Å². The molecule has 0 bridgehead atoms. The van der Waals surface area contributed by atoms with Gasteiger partial charge in [0.1, 0.15) is 12.1 Å². The Balaban J connectivity index is 2.32. The highest BCUT2D eigenvalue weighted by Crippen LogP contribution is 2.27. The number of nitrogens with zero attached hydrogens (tertiary/aromatic N) is 2. The van der Waals surface area contributed by atoms with Crippen molar-refractivity contribution in [3.05, 3.63) is 35.9 Å². The second-order valence-corrected chi connectivity index (χ2v) is 5.63. The molecule has 0 aromatic heterocycles. The molecule has 1 aromatic carbocycles. The molecule has 22 heavy (non-hydrogen) atoms. The normalized spacial score (nSPS) is 19.4. The van der Waals surface area contributed by atoms with Gasteiger partial charge in [-0.1, -0.05) is 44.2 Å². The van der Waals surface area contributed by atoms with Gasteiger partial charge in [-0.25, -0.2) is 0 Å². The lowest BCUT2D eigenvalue weighted by Crippen LogP contribution is -2.49. The summed E-state index contributed by atoms with van der Waals surface area (Å²) in [6.45, 7) is 6.25. The molecule has 2 atom stereocenters. The van der Waals surface area contributed by atoms with Gasteiger partial charge in [0.2, 0.25) is 11.8 Å². The van der Waals surface area contributed by atoms with Crippen molar-refractivity contribution in [2.45, 2.75) is 38.8 Å². The fourth-order valence-electron chi connectivity index (χ4n) is 3.22. The molecular weight excluding hydrogens is 278 g/mol. The summed E-state index contributed by atoms with van der Waals surface area (Å²) in [4.78, 5) is 28.5. The van der Waals surface area contributed by atoms with Crippen LogP contribution in [0.2, 0.25) is 0 Å². The molecule has 5 nitrogen and oxygen atoms in total. The number of hydrogen-bond donors (Lipinski definition) is 1. The second kappa shape index (κ2) is 7.40. The topological polar surface area (TPSA) is 66.6 Å². The van der Waals surface area contributed by atoms with Crippen molar-refractivity contribution in [2.24, 2.45) is 5.73 Å². The minimum absolute atomic E-state index is 0.0174. The van der Waals surface area contributed by atoms with E-state index in [-0.39, 0.29) is 11.9 Å². The van der Waals surface area contributed by atoms with Gasteiger partial charge in [-0.05, 0) is 31.5 Å². The van der Waals surface area contributed by atoms with Crippen LogP contribution < -0.4 is 5.73 Å². The van der Waals surface area contributed by atoms with Crippen LogP contribution in [-0.4, -0.2) is 47.3 Å². The van der Waals surface area contributed by atoms with E-state index in [0.29, 0.717) is 13.0 Å². The first-order valence-electron chi connectivity index (χ1n) is 7.98. The van der Waals surface area contributed by atoms with Crippen LogP contribution >= 0.6 is 0 Å². The van der Waals surface area contributed by atoms with Gasteiger partial charge in [0.05, 0.1) is 0 Å². The molecule has 120 valence electrons. The number of benzene rings is 1. The lowest BCUT2D eigenvalue weighted by molar-refractivity contribution is -0.142. The Morgan fingerprint density at radius 2 is 1.91 bits per heavy atom. The van der Waals surface area contributed by atoms with Gasteiger partial charge in [-0.15, -0.1) is 0 Å². The number of rotatable bonds is 6. The van der Waals surface area contributed by atoms with Crippen molar-refractivity contribution in [1.29, 1.82) is 0 Å². The lowest BCUT2D eigenvalue weighted by Gasteiger charge is -2.34. The minimum Gasteiger partial charge on any atom is -0.368 e. The molecule has 1 heterocycles. The average molecular weight is 303 g/mol. The summed E-state index contributed by atoms with van der Waals surface area (Å²) >= 11 is 0. The molecule has 1 aliphatic heterocycles. The first-order valence-corrected chi connectivity index (χ1v) is 7.98. The third-order valence-electron chi connectivity index (χ3n) is 4.39. The number of primary amides is 1. The Labute approximate surface area is 132 Å². The van der Waals surface area contributed by atoms with Crippen molar-refractivity contribution < 1.29 is 9.59 Å². The highest BCUT2D eigenvalue weighted by atomic mass is 16.2. The molecule has 1 aromatic rings. The van der Waals surface area contributed by atoms with Gasteiger partial charge < -0.3 is 10.6 Å². The molecule has 0 saturated carbocycles. The second-order valence-electron chi connectivity index (χ2n) is 5.63. The van der Waals surface area contributed by atoms with Crippen LogP contribution in [0.4, 0.5) is 0 Å². The Bertz CT molecular complexity index is 514. The van der Waals surface area contributed by atoms with Crippen LogP contribution in [0.15, 0.2) is 30.3 Å². The highest BCUT2D eigenvalue weighted by Gasteiger charge is 2.38. The fourth-order valence-corrected chi connectivity index (χ4v) is 3.22. The molecule has 2 rings (SSSR count). The van der Waals surface area contributed by atoms with Crippen LogP contribution in [0, 0.1) is 0 Å². The maximum absolute atomic E-state index is 13.1. The molecule has 2 N–H and O–H groups in total. The molecule has 2 amide bonds. The summed E-state index contributed by atoms with van der Waals surface area (Å²) in [6, 6.07) is 8.94. The van der Waals surface area contributed by atoms with Gasteiger partial charge in [-0.2, -0.15) is 0 Å². The molecule has 0 aliphatic carbocycles. The van der Waals surface area contributed by atoms with E-state index in [1.54, 1.807) is 4.90 Å². The largest absolute Gasteiger partial charge is 0.368 e. The number of hydrogen-bond acceptors (Lipinski definition) is 3. The van der Waals surface area contributed by atoms with Gasteiger partial charge in [-0.3, -0.25) is 14.5 Å². The van der Waals surface area contributed by atoms with Gasteiger partial charge in [0.25, 0.3) is 0 Å². The number of likely N-dealkylation sites (tertiary alicyclic amines) is 1. The lowest BCUT2D eigenvalue weighted by atomic mass is 10.0. The number of carbonyl (C=O) groups is 2. The van der Waals surface area contributed by atoms with E-state index < -0.39 is 11.9 Å². The molecular formula is C17H25N3O2. The van der Waals surface area contributed by atoms with E-state index in [0.717, 1.165) is 25.1 Å². The van der Waals surface area contributed by atoms with Crippen molar-refractivity contribution in [2.75, 3.05) is 19.6 Å². The van der Waals surface area contributed by atoms with Crippen molar-refractivity contribution in [3.63, 3.8) is 0 Å². The summed E-state index contributed by atoms with van der Waals surface area (Å²) in [6.07, 6.45) is 1.50. The number of carbonyl (C=O) groups excluding carboxylic acids is 2. The fraction of sp³-hybridized carbons (Fsp3) is 0.529. The maximum Gasteiger partial charge on any atom is 0.245 e. The summed E-state index contributed by atoms with van der Waals surface area (Å²) in [7, 11) is 0. The molecule has 1 fully saturated rings. The quantitative estimate of drug-likeness (QED) is 0.867. The Kier molecular flexibility index (Phi) is 5.55. The van der Waals surface area contributed by atoms with Gasteiger partial charge in [0, 0.05) is 6.54 Å². The van der Waals surface area contributed by atoms with Crippen LogP contribution in [-0.2, 0) is 9.59 Å². The maximum atomic E-state index is 13.1. The zero-order valence-electron chi connectivity index (χ0n) is 13.4. The average Bonchev–Trinajstić information content (AvgIpc) is 3.02. The van der Waals surface area contributed by atoms with Crippen LogP contribution in [0.25, 0.3) is 0 Å². The zero-order valence-corrected chi connectivity index (χ0v) is 13.4. The summed E-state index contributed by atoms with van der Waals surface area (Å²) in [5.74, 6) is -0.423. The number of amides is 2. The summed E-state index contributed by atoms with van der Waals surface area (Å²) in [5, 5.41) is 0. The molecule has 5 heteroatoms. The Hall–Kier alpha value is -1.88. The van der Waals surface area contributed by atoms with E-state index in [9.17, 15) is 9.59 Å². The third kappa shape index (κ3) is 3.30. The van der Waals surface area contributed by atoms with E-state index in [1.807, 2.05) is 44.2 Å². The van der Waals surface area contributed by atoms with E-state index in [4.69, 9.17) is 5.73 Å². The monoisotopic (exact) mass is 303 g/mol. The summed E-state index contributed by atoms with van der Waals surface area (Å²) in [5.41, 5.74) is 6.42. The van der Waals surface area contributed by atoms with Crippen LogP contribution in [0.5, 0.6) is 0 Å². The first kappa shape index (κ1) is 16.5. The van der Waals surface area contributed by atoms with Crippen molar-refractivity contribution in [3.8, 4) is 0 Å². The highest BCUT2D eigenvalue weighted by molar-refractivity contribution is 5.90. The molecule has 1 saturated heterocycles. The smallest absolute Gasteiger partial charge is 0.245 e. The summed E-state index contributed by atoms with van der Waals surface area (Å²) < 4.78 is 0. The van der Waals surface area contributed by atoms with Crippen LogP contribution in [0.3, 0.4) is 0 Å². The van der Waals surface area contributed by atoms with Gasteiger partial charge >= 0.3 is 0 Å². The van der Waals surface area contributed by atoms with Crippen molar-refractivity contribution in [1.82, 2.24) is 9.80 Å².